The fourth-order valence-corrected chi connectivity index (χ4v) is 2.08. The fraction of sp³-hybridized carbons (Fsp3) is 0.118. The first kappa shape index (κ1) is 15.4. The van der Waals surface area contributed by atoms with Gasteiger partial charge < -0.3 is 10.4 Å². The zero-order chi connectivity index (χ0) is 15.9. The van der Waals surface area contributed by atoms with Crippen molar-refractivity contribution in [2.75, 3.05) is 0 Å². The van der Waals surface area contributed by atoms with Crippen LogP contribution in [0.1, 0.15) is 21.5 Å². The van der Waals surface area contributed by atoms with Gasteiger partial charge in [0.25, 0.3) is 0 Å². The van der Waals surface area contributed by atoms with Crippen LogP contribution in [0.25, 0.3) is 0 Å². The first-order chi connectivity index (χ1) is 10.6. The zero-order valence-corrected chi connectivity index (χ0v) is 11.7. The molecule has 2 N–H and O–H groups in total. The summed E-state index contributed by atoms with van der Waals surface area (Å²) in [6, 6.07) is 14.6. The number of rotatable bonds is 7. The molecule has 2 rings (SSSR count). The summed E-state index contributed by atoms with van der Waals surface area (Å²) in [5.41, 5.74) is 1.86. The van der Waals surface area contributed by atoms with Crippen molar-refractivity contribution < 1.29 is 19.5 Å². The van der Waals surface area contributed by atoms with E-state index in [0.29, 0.717) is 17.5 Å². The molecule has 0 bridgehead atoms. The van der Waals surface area contributed by atoms with Gasteiger partial charge in [0.05, 0.1) is 0 Å². The Morgan fingerprint density at radius 2 is 1.59 bits per heavy atom. The largest absolute Gasteiger partial charge is 0.480 e. The van der Waals surface area contributed by atoms with Gasteiger partial charge in [0.15, 0.2) is 5.78 Å². The fourth-order valence-electron chi connectivity index (χ4n) is 2.08. The molecule has 5 nitrogen and oxygen atoms in total. The second-order valence-electron chi connectivity index (χ2n) is 4.77. The van der Waals surface area contributed by atoms with Gasteiger partial charge in [-0.05, 0) is 5.56 Å². The summed E-state index contributed by atoms with van der Waals surface area (Å²) in [7, 11) is 0. The molecule has 2 aromatic carbocycles. The predicted octanol–water partition coefficient (Wildman–Crippen LogP) is 1.66. The number of carbonyl (C=O) groups is 3. The Kier molecular flexibility index (Phi) is 5.03. The number of amides is 1. The van der Waals surface area contributed by atoms with Crippen LogP contribution in [0.4, 0.5) is 0 Å². The summed E-state index contributed by atoms with van der Waals surface area (Å²) in [5.74, 6) is -1.19. The molecule has 0 fully saturated rings. The van der Waals surface area contributed by atoms with E-state index in [4.69, 9.17) is 5.11 Å². The number of nitrogens with one attached hydrogen (secondary N) is 1. The van der Waals surface area contributed by atoms with E-state index in [2.05, 4.69) is 5.32 Å². The van der Waals surface area contributed by atoms with Crippen LogP contribution >= 0.6 is 0 Å². The molecule has 0 aliphatic carbocycles. The molecule has 0 aliphatic rings. The highest BCUT2D eigenvalue weighted by atomic mass is 16.4. The number of ketones is 1. The normalized spacial score (nSPS) is 11.5. The number of benzene rings is 2. The Hall–Kier alpha value is -2.95. The minimum Gasteiger partial charge on any atom is -0.480 e. The molecular formula is C17H15NO4. The van der Waals surface area contributed by atoms with E-state index in [0.717, 1.165) is 5.56 Å². The summed E-state index contributed by atoms with van der Waals surface area (Å²) in [5, 5.41) is 11.2. The van der Waals surface area contributed by atoms with Gasteiger partial charge in [-0.15, -0.1) is 0 Å². The molecular weight excluding hydrogens is 282 g/mol. The minimum absolute atomic E-state index is 0.0899. The van der Waals surface area contributed by atoms with Crippen molar-refractivity contribution in [1.29, 1.82) is 0 Å². The third-order valence-electron chi connectivity index (χ3n) is 3.26. The van der Waals surface area contributed by atoms with Crippen LogP contribution < -0.4 is 5.32 Å². The van der Waals surface area contributed by atoms with Crippen molar-refractivity contribution in [3.05, 3.63) is 71.3 Å². The molecule has 1 amide bonds. The summed E-state index contributed by atoms with van der Waals surface area (Å²) in [4.78, 5) is 33.6. The van der Waals surface area contributed by atoms with Gasteiger partial charge in [0, 0.05) is 17.5 Å². The van der Waals surface area contributed by atoms with Gasteiger partial charge >= 0.3 is 5.97 Å². The molecule has 0 aromatic heterocycles. The molecule has 112 valence electrons. The molecule has 0 radical (unpaired) electrons. The number of aliphatic carboxylic acids is 1. The van der Waals surface area contributed by atoms with Gasteiger partial charge in [-0.3, -0.25) is 9.59 Å². The molecule has 0 aliphatic heterocycles. The number of carboxylic acid groups (broad SMARTS) is 1. The number of carbonyl (C=O) groups excluding carboxylic acids is 2. The topological polar surface area (TPSA) is 83.5 Å². The molecule has 0 saturated carbocycles. The number of carboxylic acids is 1. The smallest absolute Gasteiger partial charge is 0.326 e. The van der Waals surface area contributed by atoms with E-state index >= 15 is 0 Å². The average molecular weight is 297 g/mol. The summed E-state index contributed by atoms with van der Waals surface area (Å²) in [6.45, 7) is 0. The van der Waals surface area contributed by atoms with Crippen LogP contribution in [0.5, 0.6) is 0 Å². The molecule has 0 heterocycles. The van der Waals surface area contributed by atoms with Gasteiger partial charge in [-0.1, -0.05) is 54.6 Å². The Morgan fingerprint density at radius 1 is 1.00 bits per heavy atom. The van der Waals surface area contributed by atoms with Crippen molar-refractivity contribution in [1.82, 2.24) is 5.32 Å². The van der Waals surface area contributed by atoms with Crippen molar-refractivity contribution in [2.24, 2.45) is 0 Å². The van der Waals surface area contributed by atoms with Crippen molar-refractivity contribution in [2.45, 2.75) is 12.5 Å². The zero-order valence-electron chi connectivity index (χ0n) is 11.7. The molecule has 1 unspecified atom stereocenters. The van der Waals surface area contributed by atoms with Gasteiger partial charge in [0.2, 0.25) is 6.41 Å². The monoisotopic (exact) mass is 297 g/mol. The van der Waals surface area contributed by atoms with E-state index in [1.807, 2.05) is 6.07 Å². The van der Waals surface area contributed by atoms with E-state index in [-0.39, 0.29) is 12.2 Å². The highest BCUT2D eigenvalue weighted by Gasteiger charge is 2.17. The lowest BCUT2D eigenvalue weighted by Gasteiger charge is -2.11. The van der Waals surface area contributed by atoms with E-state index in [9.17, 15) is 14.4 Å². The lowest BCUT2D eigenvalue weighted by atomic mass is 10.00. The first-order valence-electron chi connectivity index (χ1n) is 6.73. The first-order valence-corrected chi connectivity index (χ1v) is 6.73. The number of hydrogen-bond donors (Lipinski definition) is 2. The molecule has 2 aromatic rings. The Labute approximate surface area is 127 Å². The van der Waals surface area contributed by atoms with Crippen LogP contribution in [0.15, 0.2) is 54.6 Å². The lowest BCUT2D eigenvalue weighted by Crippen LogP contribution is -2.37. The van der Waals surface area contributed by atoms with Crippen LogP contribution in [-0.4, -0.2) is 29.3 Å². The SMILES string of the molecule is O=CNC(Cc1ccc(C(=O)c2ccccc2)cc1)C(=O)O. The Morgan fingerprint density at radius 3 is 2.14 bits per heavy atom. The summed E-state index contributed by atoms with van der Waals surface area (Å²) >= 11 is 0. The van der Waals surface area contributed by atoms with E-state index in [1.165, 1.54) is 0 Å². The third kappa shape index (κ3) is 3.79. The summed E-state index contributed by atoms with van der Waals surface area (Å²) in [6.07, 6.45) is 0.528. The Bertz CT molecular complexity index is 665. The van der Waals surface area contributed by atoms with Gasteiger partial charge in [-0.2, -0.15) is 0 Å². The van der Waals surface area contributed by atoms with Crippen molar-refractivity contribution >= 4 is 18.2 Å². The average Bonchev–Trinajstić information content (AvgIpc) is 2.55. The Balaban J connectivity index is 2.11. The van der Waals surface area contributed by atoms with Crippen molar-refractivity contribution in [3.63, 3.8) is 0 Å². The quantitative estimate of drug-likeness (QED) is 0.601. The van der Waals surface area contributed by atoms with E-state index in [1.54, 1.807) is 48.5 Å². The molecule has 5 heteroatoms. The third-order valence-corrected chi connectivity index (χ3v) is 3.26. The maximum absolute atomic E-state index is 12.2. The highest BCUT2D eigenvalue weighted by molar-refractivity contribution is 6.08. The van der Waals surface area contributed by atoms with Crippen molar-refractivity contribution in [3.8, 4) is 0 Å². The second-order valence-corrected chi connectivity index (χ2v) is 4.77. The lowest BCUT2D eigenvalue weighted by molar-refractivity contribution is -0.140. The molecule has 0 spiro atoms. The van der Waals surface area contributed by atoms with Crippen LogP contribution in [-0.2, 0) is 16.0 Å². The van der Waals surface area contributed by atoms with Gasteiger partial charge in [-0.25, -0.2) is 4.79 Å². The van der Waals surface area contributed by atoms with Gasteiger partial charge in [0.1, 0.15) is 6.04 Å². The van der Waals surface area contributed by atoms with Crippen LogP contribution in [0.3, 0.4) is 0 Å². The standard InChI is InChI=1S/C17H15NO4/c19-11-18-15(17(21)22)10-12-6-8-14(9-7-12)16(20)13-4-2-1-3-5-13/h1-9,11,15H,10H2,(H,18,19)(H,21,22). The van der Waals surface area contributed by atoms with E-state index < -0.39 is 12.0 Å². The summed E-state index contributed by atoms with van der Waals surface area (Å²) < 4.78 is 0. The molecule has 22 heavy (non-hydrogen) atoms. The maximum atomic E-state index is 12.2. The van der Waals surface area contributed by atoms with Crippen LogP contribution in [0.2, 0.25) is 0 Å². The van der Waals surface area contributed by atoms with Crippen LogP contribution in [0, 0.1) is 0 Å². The molecule has 0 saturated heterocycles. The molecule has 1 atom stereocenters. The second kappa shape index (κ2) is 7.17. The minimum atomic E-state index is -1.10. The highest BCUT2D eigenvalue weighted by Crippen LogP contribution is 2.12. The predicted molar refractivity (Wildman–Crippen MR) is 80.6 cm³/mol. The number of hydrogen-bond acceptors (Lipinski definition) is 3. The maximum Gasteiger partial charge on any atom is 0.326 e.